The molecule has 0 radical (unpaired) electrons. The molecule has 0 bridgehead atoms. The Bertz CT molecular complexity index is 560. The van der Waals surface area contributed by atoms with Crippen LogP contribution in [0.15, 0.2) is 16.8 Å². The summed E-state index contributed by atoms with van der Waals surface area (Å²) in [7, 11) is 0. The molecule has 1 aliphatic heterocycles. The lowest BCUT2D eigenvalue weighted by Crippen LogP contribution is -2.33. The first kappa shape index (κ1) is 12.1. The van der Waals surface area contributed by atoms with Crippen molar-refractivity contribution < 1.29 is 4.42 Å². The third-order valence-corrected chi connectivity index (χ3v) is 3.50. The van der Waals surface area contributed by atoms with Gasteiger partial charge in [-0.05, 0) is 19.8 Å². The highest BCUT2D eigenvalue weighted by atomic mass is 16.4. The highest BCUT2D eigenvalue weighted by molar-refractivity contribution is 5.39. The van der Waals surface area contributed by atoms with Crippen LogP contribution in [0.3, 0.4) is 0 Å². The summed E-state index contributed by atoms with van der Waals surface area (Å²) in [6, 6.07) is 2.02. The van der Waals surface area contributed by atoms with Crippen LogP contribution in [0.4, 0.5) is 5.82 Å². The lowest BCUT2D eigenvalue weighted by Gasteiger charge is -2.31. The summed E-state index contributed by atoms with van der Waals surface area (Å²) >= 11 is 0. The maximum absolute atomic E-state index is 5.52. The topological polar surface area (TPSA) is 67.9 Å². The fourth-order valence-electron chi connectivity index (χ4n) is 2.45. The van der Waals surface area contributed by atoms with E-state index in [0.717, 1.165) is 43.3 Å². The van der Waals surface area contributed by atoms with E-state index in [2.05, 4.69) is 25.1 Å². The standard InChI is InChI=1S/C13H17N5O/c1-9-7-12(15-8-14-9)18-5-3-11(4-6-18)13-17-16-10(2)19-13/h7-8,11H,3-6H2,1-2H3. The molecule has 6 heteroatoms. The van der Waals surface area contributed by atoms with Crippen LogP contribution >= 0.6 is 0 Å². The number of nitrogens with zero attached hydrogens (tertiary/aromatic N) is 5. The highest BCUT2D eigenvalue weighted by Gasteiger charge is 2.25. The summed E-state index contributed by atoms with van der Waals surface area (Å²) in [6.45, 7) is 5.74. The van der Waals surface area contributed by atoms with Crippen molar-refractivity contribution in [3.05, 3.63) is 29.9 Å². The van der Waals surface area contributed by atoms with Gasteiger partial charge in [0.1, 0.15) is 12.1 Å². The first-order chi connectivity index (χ1) is 9.22. The lowest BCUT2D eigenvalue weighted by molar-refractivity contribution is 0.382. The molecule has 0 N–H and O–H groups in total. The second-order valence-electron chi connectivity index (χ2n) is 4.94. The summed E-state index contributed by atoms with van der Waals surface area (Å²) in [5, 5.41) is 8.02. The highest BCUT2D eigenvalue weighted by Crippen LogP contribution is 2.28. The molecule has 3 rings (SSSR count). The summed E-state index contributed by atoms with van der Waals surface area (Å²) in [6.07, 6.45) is 3.66. The van der Waals surface area contributed by atoms with Gasteiger partial charge < -0.3 is 9.32 Å². The van der Waals surface area contributed by atoms with Crippen molar-refractivity contribution in [2.24, 2.45) is 0 Å². The second-order valence-corrected chi connectivity index (χ2v) is 4.94. The van der Waals surface area contributed by atoms with Crippen molar-refractivity contribution in [3.63, 3.8) is 0 Å². The van der Waals surface area contributed by atoms with E-state index in [1.54, 1.807) is 6.33 Å². The average Bonchev–Trinajstić information content (AvgIpc) is 2.86. The summed E-state index contributed by atoms with van der Waals surface area (Å²) < 4.78 is 5.52. The zero-order chi connectivity index (χ0) is 13.2. The first-order valence-corrected chi connectivity index (χ1v) is 6.56. The minimum Gasteiger partial charge on any atom is -0.425 e. The van der Waals surface area contributed by atoms with Gasteiger partial charge in [0, 0.05) is 37.7 Å². The molecule has 1 fully saturated rings. The predicted octanol–water partition coefficient (Wildman–Crippen LogP) is 1.86. The van der Waals surface area contributed by atoms with Gasteiger partial charge in [0.25, 0.3) is 0 Å². The molecule has 6 nitrogen and oxygen atoms in total. The molecule has 1 saturated heterocycles. The largest absolute Gasteiger partial charge is 0.425 e. The van der Waals surface area contributed by atoms with Crippen LogP contribution in [0.1, 0.15) is 36.2 Å². The van der Waals surface area contributed by atoms with Crippen molar-refractivity contribution in [1.82, 2.24) is 20.2 Å². The molecule has 2 aromatic heterocycles. The molecule has 0 unspecified atom stereocenters. The lowest BCUT2D eigenvalue weighted by atomic mass is 9.97. The Morgan fingerprint density at radius 2 is 1.95 bits per heavy atom. The number of rotatable bonds is 2. The van der Waals surface area contributed by atoms with E-state index >= 15 is 0 Å². The van der Waals surface area contributed by atoms with Gasteiger partial charge in [0.2, 0.25) is 11.8 Å². The monoisotopic (exact) mass is 259 g/mol. The molecule has 1 aliphatic rings. The number of hydrogen-bond acceptors (Lipinski definition) is 6. The second kappa shape index (κ2) is 4.95. The van der Waals surface area contributed by atoms with Crippen LogP contribution < -0.4 is 4.90 Å². The quantitative estimate of drug-likeness (QED) is 0.820. The Morgan fingerprint density at radius 3 is 2.58 bits per heavy atom. The van der Waals surface area contributed by atoms with Gasteiger partial charge in [0.05, 0.1) is 0 Å². The van der Waals surface area contributed by atoms with Gasteiger partial charge in [0.15, 0.2) is 0 Å². The fourth-order valence-corrected chi connectivity index (χ4v) is 2.45. The van der Waals surface area contributed by atoms with Gasteiger partial charge in [-0.25, -0.2) is 9.97 Å². The number of aromatic nitrogens is 4. The zero-order valence-electron chi connectivity index (χ0n) is 11.2. The molecule has 0 atom stereocenters. The van der Waals surface area contributed by atoms with Gasteiger partial charge >= 0.3 is 0 Å². The third-order valence-electron chi connectivity index (χ3n) is 3.50. The van der Waals surface area contributed by atoms with E-state index in [1.165, 1.54) is 0 Å². The number of piperidine rings is 1. The van der Waals surface area contributed by atoms with Gasteiger partial charge in [-0.15, -0.1) is 10.2 Å². The maximum atomic E-state index is 5.52. The summed E-state index contributed by atoms with van der Waals surface area (Å²) in [5.41, 5.74) is 1.000. The molecule has 0 saturated carbocycles. The molecule has 0 spiro atoms. The molecule has 0 amide bonds. The molecule has 0 aliphatic carbocycles. The molecule has 2 aromatic rings. The smallest absolute Gasteiger partial charge is 0.219 e. The van der Waals surface area contributed by atoms with E-state index in [9.17, 15) is 0 Å². The molecule has 3 heterocycles. The Labute approximate surface area is 111 Å². The maximum Gasteiger partial charge on any atom is 0.219 e. The van der Waals surface area contributed by atoms with Crippen LogP contribution in [-0.2, 0) is 0 Å². The van der Waals surface area contributed by atoms with Crippen LogP contribution in [0.5, 0.6) is 0 Å². The van der Waals surface area contributed by atoms with E-state index in [1.807, 2.05) is 19.9 Å². The van der Waals surface area contributed by atoms with Gasteiger partial charge in [-0.3, -0.25) is 0 Å². The molecule has 19 heavy (non-hydrogen) atoms. The van der Waals surface area contributed by atoms with E-state index < -0.39 is 0 Å². The first-order valence-electron chi connectivity index (χ1n) is 6.56. The Morgan fingerprint density at radius 1 is 1.16 bits per heavy atom. The van der Waals surface area contributed by atoms with Crippen LogP contribution in [0.2, 0.25) is 0 Å². The molecular formula is C13H17N5O. The minimum atomic E-state index is 0.375. The summed E-state index contributed by atoms with van der Waals surface area (Å²) in [5.74, 6) is 2.80. The predicted molar refractivity (Wildman–Crippen MR) is 70.0 cm³/mol. The van der Waals surface area contributed by atoms with Crippen molar-refractivity contribution >= 4 is 5.82 Å². The molecular weight excluding hydrogens is 242 g/mol. The van der Waals surface area contributed by atoms with Crippen LogP contribution in [0.25, 0.3) is 0 Å². The van der Waals surface area contributed by atoms with Crippen molar-refractivity contribution in [2.45, 2.75) is 32.6 Å². The fraction of sp³-hybridized carbons (Fsp3) is 0.538. The van der Waals surface area contributed by atoms with E-state index in [-0.39, 0.29) is 0 Å². The third kappa shape index (κ3) is 2.57. The Kier molecular flexibility index (Phi) is 3.15. The normalized spacial score (nSPS) is 16.8. The van der Waals surface area contributed by atoms with Crippen LogP contribution in [0, 0.1) is 13.8 Å². The van der Waals surface area contributed by atoms with E-state index in [4.69, 9.17) is 4.42 Å². The number of hydrogen-bond donors (Lipinski definition) is 0. The zero-order valence-corrected chi connectivity index (χ0v) is 11.2. The van der Waals surface area contributed by atoms with Gasteiger partial charge in [-0.1, -0.05) is 0 Å². The van der Waals surface area contributed by atoms with Gasteiger partial charge in [-0.2, -0.15) is 0 Å². The summed E-state index contributed by atoms with van der Waals surface area (Å²) in [4.78, 5) is 10.7. The molecule has 100 valence electrons. The number of anilines is 1. The van der Waals surface area contributed by atoms with E-state index in [0.29, 0.717) is 11.8 Å². The Balaban J connectivity index is 1.66. The van der Waals surface area contributed by atoms with Crippen LogP contribution in [-0.4, -0.2) is 33.3 Å². The van der Waals surface area contributed by atoms with Crippen molar-refractivity contribution in [1.29, 1.82) is 0 Å². The minimum absolute atomic E-state index is 0.375. The Hall–Kier alpha value is -1.98. The number of aryl methyl sites for hydroxylation is 2. The average molecular weight is 259 g/mol. The van der Waals surface area contributed by atoms with Crippen molar-refractivity contribution in [3.8, 4) is 0 Å². The van der Waals surface area contributed by atoms with Crippen molar-refractivity contribution in [2.75, 3.05) is 18.0 Å². The molecule has 0 aromatic carbocycles. The SMILES string of the molecule is Cc1cc(N2CCC(c3nnc(C)o3)CC2)ncn1.